The van der Waals surface area contributed by atoms with Crippen LogP contribution in [0.25, 0.3) is 0 Å². The number of nitrogens with zero attached hydrogens (tertiary/aromatic N) is 2. The van der Waals surface area contributed by atoms with Gasteiger partial charge in [-0.2, -0.15) is 0 Å². The molecule has 0 bridgehead atoms. The molecular formula is C19H25N3O3. The highest BCUT2D eigenvalue weighted by atomic mass is 16.5. The Morgan fingerprint density at radius 2 is 1.40 bits per heavy atom. The Hall–Kier alpha value is -2.73. The first-order valence-corrected chi connectivity index (χ1v) is 8.08. The number of ether oxygens (including phenoxy) is 2. The van der Waals surface area contributed by atoms with Gasteiger partial charge in [0.15, 0.2) is 0 Å². The molecule has 0 atom stereocenters. The second-order valence-electron chi connectivity index (χ2n) is 5.56. The topological polar surface area (TPSA) is 68.0 Å². The minimum Gasteiger partial charge on any atom is -0.497 e. The molecule has 2 N–H and O–H groups in total. The van der Waals surface area contributed by atoms with E-state index in [0.717, 1.165) is 22.9 Å². The van der Waals surface area contributed by atoms with Crippen molar-refractivity contribution in [1.29, 1.82) is 0 Å². The lowest BCUT2D eigenvalue weighted by Gasteiger charge is -2.27. The number of likely N-dealkylation sites (N-methyl/N-ethyl adjacent to an activating group) is 1. The minimum atomic E-state index is -0.0190. The summed E-state index contributed by atoms with van der Waals surface area (Å²) in [4.78, 5) is 16.3. The Labute approximate surface area is 148 Å². The zero-order valence-corrected chi connectivity index (χ0v) is 14.9. The largest absolute Gasteiger partial charge is 0.497 e. The van der Waals surface area contributed by atoms with Crippen molar-refractivity contribution < 1.29 is 14.3 Å². The maximum absolute atomic E-state index is 12.7. The van der Waals surface area contributed by atoms with Crippen LogP contribution in [0.15, 0.2) is 48.5 Å². The summed E-state index contributed by atoms with van der Waals surface area (Å²) in [6.45, 7) is 1.30. The van der Waals surface area contributed by atoms with Gasteiger partial charge >= 0.3 is 0 Å². The molecule has 0 saturated heterocycles. The van der Waals surface area contributed by atoms with E-state index in [1.807, 2.05) is 53.4 Å². The predicted octanol–water partition coefficient (Wildman–Crippen LogP) is 2.13. The second kappa shape index (κ2) is 8.94. The van der Waals surface area contributed by atoms with E-state index in [1.165, 1.54) is 0 Å². The molecule has 6 nitrogen and oxygen atoms in total. The lowest BCUT2D eigenvalue weighted by atomic mass is 10.2. The van der Waals surface area contributed by atoms with Gasteiger partial charge in [-0.1, -0.05) is 0 Å². The Bertz CT molecular complexity index is 671. The van der Waals surface area contributed by atoms with E-state index in [0.29, 0.717) is 13.1 Å². The fourth-order valence-electron chi connectivity index (χ4n) is 2.47. The molecule has 0 unspecified atom stereocenters. The van der Waals surface area contributed by atoms with Crippen LogP contribution in [0.3, 0.4) is 0 Å². The average molecular weight is 343 g/mol. The Morgan fingerprint density at radius 3 is 1.84 bits per heavy atom. The van der Waals surface area contributed by atoms with Gasteiger partial charge in [0, 0.05) is 31.5 Å². The third kappa shape index (κ3) is 4.87. The molecule has 2 aromatic rings. The van der Waals surface area contributed by atoms with E-state index in [2.05, 4.69) is 0 Å². The maximum Gasteiger partial charge on any atom is 0.246 e. The third-order valence-corrected chi connectivity index (χ3v) is 4.00. The number of anilines is 2. The van der Waals surface area contributed by atoms with Gasteiger partial charge in [-0.05, 0) is 48.5 Å². The fourth-order valence-corrected chi connectivity index (χ4v) is 2.47. The van der Waals surface area contributed by atoms with Crippen molar-refractivity contribution in [2.75, 3.05) is 50.7 Å². The minimum absolute atomic E-state index is 0.0190. The molecule has 2 rings (SSSR count). The first-order valence-electron chi connectivity index (χ1n) is 8.08. The van der Waals surface area contributed by atoms with Crippen molar-refractivity contribution in [3.05, 3.63) is 48.5 Å². The second-order valence-corrected chi connectivity index (χ2v) is 5.56. The summed E-state index contributed by atoms with van der Waals surface area (Å²) in [5.41, 5.74) is 7.46. The van der Waals surface area contributed by atoms with E-state index >= 15 is 0 Å². The lowest BCUT2D eigenvalue weighted by Crippen LogP contribution is -2.40. The number of methoxy groups -OCH3 is 2. The Morgan fingerprint density at radius 1 is 0.920 bits per heavy atom. The molecular weight excluding hydrogens is 318 g/mol. The highest BCUT2D eigenvalue weighted by Gasteiger charge is 2.16. The monoisotopic (exact) mass is 343 g/mol. The lowest BCUT2D eigenvalue weighted by molar-refractivity contribution is -0.117. The fraction of sp³-hybridized carbons (Fsp3) is 0.316. The van der Waals surface area contributed by atoms with Gasteiger partial charge in [-0.25, -0.2) is 0 Å². The number of rotatable bonds is 8. The highest BCUT2D eigenvalue weighted by molar-refractivity contribution is 5.96. The number of carbonyl (C=O) groups is 1. The van der Waals surface area contributed by atoms with Crippen LogP contribution in [0.2, 0.25) is 0 Å². The van der Waals surface area contributed by atoms with Crippen LogP contribution in [0, 0.1) is 0 Å². The molecule has 0 aliphatic carbocycles. The summed E-state index contributed by atoms with van der Waals surface area (Å²) >= 11 is 0. The Kier molecular flexibility index (Phi) is 6.65. The molecule has 0 aliphatic heterocycles. The van der Waals surface area contributed by atoms with Crippen molar-refractivity contribution in [1.82, 2.24) is 0 Å². The van der Waals surface area contributed by atoms with Crippen LogP contribution in [0.5, 0.6) is 11.5 Å². The number of hydrogen-bond acceptors (Lipinski definition) is 5. The molecule has 134 valence electrons. The van der Waals surface area contributed by atoms with Crippen LogP contribution in [-0.4, -0.2) is 46.8 Å². The SMILES string of the molecule is COc1ccc(N(CCN)CC(=O)N(C)c2ccc(OC)cc2)cc1. The first kappa shape index (κ1) is 18.6. The molecule has 0 aliphatic rings. The van der Waals surface area contributed by atoms with Gasteiger partial charge in [-0.3, -0.25) is 4.79 Å². The summed E-state index contributed by atoms with van der Waals surface area (Å²) < 4.78 is 10.3. The van der Waals surface area contributed by atoms with Gasteiger partial charge in [0.25, 0.3) is 0 Å². The third-order valence-electron chi connectivity index (χ3n) is 4.00. The van der Waals surface area contributed by atoms with E-state index in [9.17, 15) is 4.79 Å². The van der Waals surface area contributed by atoms with Gasteiger partial charge in [0.2, 0.25) is 5.91 Å². The molecule has 1 amide bonds. The zero-order valence-electron chi connectivity index (χ0n) is 14.9. The average Bonchev–Trinajstić information content (AvgIpc) is 2.67. The van der Waals surface area contributed by atoms with Gasteiger partial charge in [0.1, 0.15) is 11.5 Å². The van der Waals surface area contributed by atoms with Crippen molar-refractivity contribution in [2.45, 2.75) is 0 Å². The normalized spacial score (nSPS) is 10.2. The maximum atomic E-state index is 12.7. The summed E-state index contributed by atoms with van der Waals surface area (Å²) in [6.07, 6.45) is 0. The van der Waals surface area contributed by atoms with Crippen molar-refractivity contribution >= 4 is 17.3 Å². The first-order chi connectivity index (χ1) is 12.1. The predicted molar refractivity (Wildman–Crippen MR) is 101 cm³/mol. The number of benzene rings is 2. The number of amides is 1. The summed E-state index contributed by atoms with van der Waals surface area (Å²) in [7, 11) is 5.00. The zero-order chi connectivity index (χ0) is 18.2. The number of hydrogen-bond donors (Lipinski definition) is 1. The summed E-state index contributed by atoms with van der Waals surface area (Å²) in [5, 5.41) is 0. The van der Waals surface area contributed by atoms with E-state index < -0.39 is 0 Å². The molecule has 6 heteroatoms. The van der Waals surface area contributed by atoms with Gasteiger partial charge in [-0.15, -0.1) is 0 Å². The van der Waals surface area contributed by atoms with Crippen molar-refractivity contribution in [3.63, 3.8) is 0 Å². The molecule has 0 spiro atoms. The summed E-state index contributed by atoms with van der Waals surface area (Å²) in [5.74, 6) is 1.51. The van der Waals surface area contributed by atoms with E-state index in [4.69, 9.17) is 15.2 Å². The molecule has 2 aromatic carbocycles. The van der Waals surface area contributed by atoms with Crippen molar-refractivity contribution in [2.24, 2.45) is 5.73 Å². The van der Waals surface area contributed by atoms with Crippen LogP contribution < -0.4 is 25.0 Å². The number of nitrogens with two attached hydrogens (primary N) is 1. The molecule has 0 heterocycles. The molecule has 25 heavy (non-hydrogen) atoms. The van der Waals surface area contributed by atoms with Gasteiger partial charge in [0.05, 0.1) is 20.8 Å². The standard InChI is InChI=1S/C19H25N3O3/c1-21(15-4-8-17(24-2)9-5-15)19(23)14-22(13-12-20)16-6-10-18(25-3)11-7-16/h4-11H,12-14,20H2,1-3H3. The smallest absolute Gasteiger partial charge is 0.246 e. The van der Waals surface area contributed by atoms with Crippen LogP contribution >= 0.6 is 0 Å². The molecule has 0 radical (unpaired) electrons. The highest BCUT2D eigenvalue weighted by Crippen LogP contribution is 2.21. The van der Waals surface area contributed by atoms with E-state index in [1.54, 1.807) is 26.2 Å². The van der Waals surface area contributed by atoms with E-state index in [-0.39, 0.29) is 12.5 Å². The quantitative estimate of drug-likeness (QED) is 0.795. The molecule has 0 fully saturated rings. The molecule has 0 saturated carbocycles. The van der Waals surface area contributed by atoms with Crippen molar-refractivity contribution in [3.8, 4) is 11.5 Å². The van der Waals surface area contributed by atoms with Crippen LogP contribution in [0.1, 0.15) is 0 Å². The Balaban J connectivity index is 2.09. The van der Waals surface area contributed by atoms with Crippen LogP contribution in [-0.2, 0) is 4.79 Å². The van der Waals surface area contributed by atoms with Crippen LogP contribution in [0.4, 0.5) is 11.4 Å². The van der Waals surface area contributed by atoms with Gasteiger partial charge < -0.3 is 25.0 Å². The number of carbonyl (C=O) groups excluding carboxylic acids is 1. The summed E-state index contributed by atoms with van der Waals surface area (Å²) in [6, 6.07) is 15.0. The molecule has 0 aromatic heterocycles.